The molecule has 6 heteroatoms. The Hall–Kier alpha value is -1.46. The van der Waals surface area contributed by atoms with Gasteiger partial charge < -0.3 is 20.6 Å². The highest BCUT2D eigenvalue weighted by Gasteiger charge is 2.08. The number of hydrogen-bond donors (Lipinski definition) is 2. The molecule has 0 radical (unpaired) electrons. The fourth-order valence-electron chi connectivity index (χ4n) is 1.36. The number of methoxy groups -OCH3 is 1. The minimum atomic E-state index is 0.00101. The summed E-state index contributed by atoms with van der Waals surface area (Å²) in [5.74, 6) is 0.00101. The molecule has 5 nitrogen and oxygen atoms in total. The fraction of sp³-hybridized carbons (Fsp3) is 0.364. The molecule has 0 heterocycles. The summed E-state index contributed by atoms with van der Waals surface area (Å²) >= 11 is 6.05. The molecule has 0 aromatic heterocycles. The van der Waals surface area contributed by atoms with Crippen molar-refractivity contribution in [3.63, 3.8) is 0 Å². The molecule has 0 fully saturated rings. The number of likely N-dealkylation sites (N-methyl/N-ethyl adjacent to an activating group) is 1. The maximum atomic E-state index is 8.58. The van der Waals surface area contributed by atoms with Crippen molar-refractivity contribution in [2.45, 2.75) is 0 Å². The number of amidine groups is 1. The Morgan fingerprint density at radius 3 is 2.82 bits per heavy atom. The van der Waals surface area contributed by atoms with E-state index in [0.29, 0.717) is 17.2 Å². The third-order valence-electron chi connectivity index (χ3n) is 2.41. The minimum Gasteiger partial charge on any atom is -0.409 e. The Labute approximate surface area is 105 Å². The van der Waals surface area contributed by atoms with Gasteiger partial charge in [0.05, 0.1) is 11.6 Å². The van der Waals surface area contributed by atoms with Crippen LogP contribution in [0, 0.1) is 0 Å². The van der Waals surface area contributed by atoms with Crippen LogP contribution in [-0.4, -0.2) is 38.4 Å². The summed E-state index contributed by atoms with van der Waals surface area (Å²) in [7, 11) is 3.59. The Kier molecular flexibility index (Phi) is 5.06. The highest BCUT2D eigenvalue weighted by molar-refractivity contribution is 6.34. The molecular weight excluding hydrogens is 242 g/mol. The van der Waals surface area contributed by atoms with Crippen LogP contribution in [0.5, 0.6) is 0 Å². The van der Waals surface area contributed by atoms with Crippen molar-refractivity contribution in [1.82, 2.24) is 0 Å². The molecule has 3 N–H and O–H groups in total. The van der Waals surface area contributed by atoms with E-state index < -0.39 is 0 Å². The molecule has 0 saturated carbocycles. The Morgan fingerprint density at radius 2 is 2.29 bits per heavy atom. The van der Waals surface area contributed by atoms with Crippen LogP contribution >= 0.6 is 11.6 Å². The van der Waals surface area contributed by atoms with E-state index >= 15 is 0 Å². The normalized spacial score (nSPS) is 11.6. The molecule has 0 saturated heterocycles. The first-order chi connectivity index (χ1) is 8.10. The molecule has 0 amide bonds. The van der Waals surface area contributed by atoms with Crippen LogP contribution in [0.2, 0.25) is 5.02 Å². The quantitative estimate of drug-likeness (QED) is 0.363. The van der Waals surface area contributed by atoms with Crippen molar-refractivity contribution in [3.05, 3.63) is 28.8 Å². The SMILES string of the molecule is COCCN(C)c1ccc(C(N)=NO)c(Cl)c1. The number of benzene rings is 1. The third-order valence-corrected chi connectivity index (χ3v) is 2.72. The Morgan fingerprint density at radius 1 is 1.59 bits per heavy atom. The topological polar surface area (TPSA) is 71.1 Å². The van der Waals surface area contributed by atoms with E-state index in [4.69, 9.17) is 27.3 Å². The largest absolute Gasteiger partial charge is 0.409 e. The summed E-state index contributed by atoms with van der Waals surface area (Å²) < 4.78 is 5.00. The number of ether oxygens (including phenoxy) is 1. The Bertz CT molecular complexity index is 410. The zero-order chi connectivity index (χ0) is 12.8. The van der Waals surface area contributed by atoms with Crippen LogP contribution in [-0.2, 0) is 4.74 Å². The number of oxime groups is 1. The maximum Gasteiger partial charge on any atom is 0.171 e. The molecule has 0 bridgehead atoms. The van der Waals surface area contributed by atoms with Gasteiger partial charge in [0.15, 0.2) is 5.84 Å². The van der Waals surface area contributed by atoms with Crippen molar-refractivity contribution in [2.75, 3.05) is 32.2 Å². The summed E-state index contributed by atoms with van der Waals surface area (Å²) in [6.07, 6.45) is 0. The lowest BCUT2D eigenvalue weighted by atomic mass is 10.2. The van der Waals surface area contributed by atoms with E-state index in [2.05, 4.69) is 5.16 Å². The number of halogens is 1. The summed E-state index contributed by atoms with van der Waals surface area (Å²) in [5, 5.41) is 12.0. The molecule has 17 heavy (non-hydrogen) atoms. The first-order valence-electron chi connectivity index (χ1n) is 5.07. The maximum absolute atomic E-state index is 8.58. The average Bonchev–Trinajstić information content (AvgIpc) is 2.34. The number of nitrogens with two attached hydrogens (primary N) is 1. The van der Waals surface area contributed by atoms with E-state index in [1.165, 1.54) is 0 Å². The zero-order valence-corrected chi connectivity index (χ0v) is 10.6. The van der Waals surface area contributed by atoms with Gasteiger partial charge in [-0.2, -0.15) is 0 Å². The molecular formula is C11H16ClN3O2. The number of nitrogens with zero attached hydrogens (tertiary/aromatic N) is 2. The van der Waals surface area contributed by atoms with Crippen LogP contribution in [0.4, 0.5) is 5.69 Å². The van der Waals surface area contributed by atoms with Gasteiger partial charge in [-0.15, -0.1) is 0 Å². The van der Waals surface area contributed by atoms with E-state index in [0.717, 1.165) is 12.2 Å². The van der Waals surface area contributed by atoms with E-state index in [9.17, 15) is 0 Å². The van der Waals surface area contributed by atoms with Crippen LogP contribution in [0.25, 0.3) is 0 Å². The standard InChI is InChI=1S/C11H16ClN3O2/c1-15(5-6-17-2)8-3-4-9(10(12)7-8)11(13)14-16/h3-4,7,16H,5-6H2,1-2H3,(H2,13,14). The van der Waals surface area contributed by atoms with Gasteiger partial charge in [0, 0.05) is 32.0 Å². The van der Waals surface area contributed by atoms with Crippen molar-refractivity contribution in [2.24, 2.45) is 10.9 Å². The predicted octanol–water partition coefficient (Wildman–Crippen LogP) is 1.52. The van der Waals surface area contributed by atoms with Crippen molar-refractivity contribution < 1.29 is 9.94 Å². The van der Waals surface area contributed by atoms with Gasteiger partial charge in [-0.3, -0.25) is 0 Å². The van der Waals surface area contributed by atoms with Gasteiger partial charge >= 0.3 is 0 Å². The molecule has 0 atom stereocenters. The number of anilines is 1. The summed E-state index contributed by atoms with van der Waals surface area (Å²) in [6.45, 7) is 1.39. The second kappa shape index (κ2) is 6.32. The smallest absolute Gasteiger partial charge is 0.171 e. The van der Waals surface area contributed by atoms with Crippen LogP contribution < -0.4 is 10.6 Å². The monoisotopic (exact) mass is 257 g/mol. The zero-order valence-electron chi connectivity index (χ0n) is 9.85. The van der Waals surface area contributed by atoms with Crippen molar-refractivity contribution >= 4 is 23.1 Å². The second-order valence-electron chi connectivity index (χ2n) is 3.56. The number of hydrogen-bond acceptors (Lipinski definition) is 4. The van der Waals surface area contributed by atoms with Crippen LogP contribution in [0.3, 0.4) is 0 Å². The summed E-state index contributed by atoms with van der Waals surface area (Å²) in [5.41, 5.74) is 6.94. The predicted molar refractivity (Wildman–Crippen MR) is 69.1 cm³/mol. The van der Waals surface area contributed by atoms with Gasteiger partial charge in [-0.05, 0) is 18.2 Å². The van der Waals surface area contributed by atoms with Crippen LogP contribution in [0.1, 0.15) is 5.56 Å². The van der Waals surface area contributed by atoms with Gasteiger partial charge in [-0.1, -0.05) is 16.8 Å². The lowest BCUT2D eigenvalue weighted by molar-refractivity contribution is 0.206. The Balaban J connectivity index is 2.88. The molecule has 1 aromatic carbocycles. The van der Waals surface area contributed by atoms with Gasteiger partial charge in [-0.25, -0.2) is 0 Å². The number of rotatable bonds is 5. The molecule has 94 valence electrons. The van der Waals surface area contributed by atoms with Crippen molar-refractivity contribution in [1.29, 1.82) is 0 Å². The lowest BCUT2D eigenvalue weighted by Crippen LogP contribution is -2.22. The van der Waals surface area contributed by atoms with Gasteiger partial charge in [0.1, 0.15) is 0 Å². The minimum absolute atomic E-state index is 0.00101. The first-order valence-corrected chi connectivity index (χ1v) is 5.45. The summed E-state index contributed by atoms with van der Waals surface area (Å²) in [4.78, 5) is 2.01. The molecule has 0 aliphatic carbocycles. The van der Waals surface area contributed by atoms with Crippen LogP contribution in [0.15, 0.2) is 23.4 Å². The van der Waals surface area contributed by atoms with E-state index in [-0.39, 0.29) is 5.84 Å². The molecule has 0 aliphatic rings. The lowest BCUT2D eigenvalue weighted by Gasteiger charge is -2.19. The average molecular weight is 258 g/mol. The molecule has 1 rings (SSSR count). The summed E-state index contributed by atoms with van der Waals surface area (Å²) in [6, 6.07) is 5.34. The first kappa shape index (κ1) is 13.6. The van der Waals surface area contributed by atoms with Gasteiger partial charge in [0.25, 0.3) is 0 Å². The van der Waals surface area contributed by atoms with Gasteiger partial charge in [0.2, 0.25) is 0 Å². The highest BCUT2D eigenvalue weighted by Crippen LogP contribution is 2.22. The molecule has 0 aliphatic heterocycles. The molecule has 0 spiro atoms. The van der Waals surface area contributed by atoms with E-state index in [1.807, 2.05) is 18.0 Å². The van der Waals surface area contributed by atoms with E-state index in [1.54, 1.807) is 19.2 Å². The third kappa shape index (κ3) is 3.51. The van der Waals surface area contributed by atoms with Crippen molar-refractivity contribution in [3.8, 4) is 0 Å². The second-order valence-corrected chi connectivity index (χ2v) is 3.97. The highest BCUT2D eigenvalue weighted by atomic mass is 35.5. The fourth-order valence-corrected chi connectivity index (χ4v) is 1.63. The molecule has 1 aromatic rings. The molecule has 0 unspecified atom stereocenters.